The van der Waals surface area contributed by atoms with Crippen molar-refractivity contribution in [3.05, 3.63) is 81.9 Å². The Morgan fingerprint density at radius 2 is 1.78 bits per heavy atom. The van der Waals surface area contributed by atoms with Crippen LogP contribution >= 0.6 is 11.6 Å². The largest absolute Gasteiger partial charge is 0.455 e. The molecular weight excluding hydrogens is 454 g/mol. The highest BCUT2D eigenvalue weighted by Gasteiger charge is 2.35. The number of rotatable bonds is 5. The predicted molar refractivity (Wildman–Crippen MR) is 108 cm³/mol. The highest BCUT2D eigenvalue weighted by molar-refractivity contribution is 6.32. The van der Waals surface area contributed by atoms with E-state index >= 15 is 0 Å². The molecule has 3 rings (SSSR count). The molecule has 3 aromatic rings. The SMILES string of the molecule is Cc1c(C(F)(F)F)ccc(Oc2ccc(F)cc2Cl)c1C(=O)Nc1ccnc(C(N)=O)c1. The zero-order valence-corrected chi connectivity index (χ0v) is 17.0. The Bertz CT molecular complexity index is 1220. The van der Waals surface area contributed by atoms with Gasteiger partial charge in [-0.2, -0.15) is 13.2 Å². The Hall–Kier alpha value is -3.66. The minimum absolute atomic E-state index is 0.0683. The van der Waals surface area contributed by atoms with E-state index in [0.717, 1.165) is 31.2 Å². The van der Waals surface area contributed by atoms with Gasteiger partial charge in [-0.05, 0) is 55.0 Å². The van der Waals surface area contributed by atoms with Gasteiger partial charge in [0.05, 0.1) is 16.1 Å². The van der Waals surface area contributed by atoms with Crippen molar-refractivity contribution in [3.8, 4) is 11.5 Å². The molecule has 0 unspecified atom stereocenters. The molecular formula is C21H14ClF4N3O3. The summed E-state index contributed by atoms with van der Waals surface area (Å²) in [5.41, 5.74) is 3.18. The summed E-state index contributed by atoms with van der Waals surface area (Å²) >= 11 is 5.94. The third-order valence-electron chi connectivity index (χ3n) is 4.34. The highest BCUT2D eigenvalue weighted by atomic mass is 35.5. The van der Waals surface area contributed by atoms with E-state index in [4.69, 9.17) is 22.1 Å². The minimum Gasteiger partial charge on any atom is -0.455 e. The van der Waals surface area contributed by atoms with Crippen molar-refractivity contribution in [1.29, 1.82) is 0 Å². The van der Waals surface area contributed by atoms with Gasteiger partial charge in [-0.25, -0.2) is 4.39 Å². The number of carbonyl (C=O) groups excluding carboxylic acids is 2. The summed E-state index contributed by atoms with van der Waals surface area (Å²) < 4.78 is 59.2. The van der Waals surface area contributed by atoms with E-state index in [1.165, 1.54) is 24.4 Å². The first-order chi connectivity index (χ1) is 15.0. The van der Waals surface area contributed by atoms with Gasteiger partial charge in [0, 0.05) is 11.9 Å². The van der Waals surface area contributed by atoms with Crippen LogP contribution in [0.2, 0.25) is 5.02 Å². The summed E-state index contributed by atoms with van der Waals surface area (Å²) in [6, 6.07) is 7.39. The number of amides is 2. The second-order valence-electron chi connectivity index (χ2n) is 6.53. The number of aromatic nitrogens is 1. The highest BCUT2D eigenvalue weighted by Crippen LogP contribution is 2.39. The molecule has 11 heteroatoms. The van der Waals surface area contributed by atoms with Crippen LogP contribution in [0.15, 0.2) is 48.7 Å². The van der Waals surface area contributed by atoms with Crippen LogP contribution in [-0.4, -0.2) is 16.8 Å². The number of anilines is 1. The molecule has 3 N–H and O–H groups in total. The molecule has 1 aromatic heterocycles. The molecule has 0 saturated heterocycles. The quantitative estimate of drug-likeness (QED) is 0.495. The van der Waals surface area contributed by atoms with Gasteiger partial charge in [0.1, 0.15) is 23.0 Å². The Balaban J connectivity index is 2.07. The van der Waals surface area contributed by atoms with Gasteiger partial charge in [0.15, 0.2) is 0 Å². The third kappa shape index (κ3) is 4.97. The van der Waals surface area contributed by atoms with Crippen molar-refractivity contribution in [2.75, 3.05) is 5.32 Å². The number of pyridine rings is 1. The molecule has 2 aromatic carbocycles. The van der Waals surface area contributed by atoms with Crippen molar-refractivity contribution in [1.82, 2.24) is 4.98 Å². The van der Waals surface area contributed by atoms with E-state index in [2.05, 4.69) is 10.3 Å². The van der Waals surface area contributed by atoms with Crippen molar-refractivity contribution < 1.29 is 31.9 Å². The van der Waals surface area contributed by atoms with Crippen LogP contribution in [0.4, 0.5) is 23.2 Å². The number of alkyl halides is 3. The number of ether oxygens (including phenoxy) is 1. The van der Waals surface area contributed by atoms with Gasteiger partial charge in [-0.15, -0.1) is 0 Å². The molecule has 166 valence electrons. The molecule has 0 radical (unpaired) electrons. The van der Waals surface area contributed by atoms with Gasteiger partial charge in [-0.3, -0.25) is 14.6 Å². The lowest BCUT2D eigenvalue weighted by Gasteiger charge is -2.18. The van der Waals surface area contributed by atoms with E-state index in [0.29, 0.717) is 0 Å². The standard InChI is InChI=1S/C21H14ClF4N3O3/c1-10-13(21(24,25)26)3-5-17(32-16-4-2-11(23)8-14(16)22)18(10)20(31)29-12-6-7-28-15(9-12)19(27)30/h2-9H,1H3,(H2,27,30)(H,28,29,31). The lowest BCUT2D eigenvalue weighted by Crippen LogP contribution is -2.19. The van der Waals surface area contributed by atoms with Crippen LogP contribution in [-0.2, 0) is 6.18 Å². The fourth-order valence-corrected chi connectivity index (χ4v) is 3.08. The maximum atomic E-state index is 13.4. The van der Waals surface area contributed by atoms with Gasteiger partial charge in [0.25, 0.3) is 11.8 Å². The Morgan fingerprint density at radius 1 is 1.09 bits per heavy atom. The topological polar surface area (TPSA) is 94.3 Å². The van der Waals surface area contributed by atoms with Crippen LogP contribution in [0.3, 0.4) is 0 Å². The number of hydrogen-bond donors (Lipinski definition) is 2. The van der Waals surface area contributed by atoms with Gasteiger partial charge >= 0.3 is 6.18 Å². The summed E-state index contributed by atoms with van der Waals surface area (Å²) in [7, 11) is 0. The van der Waals surface area contributed by atoms with E-state index in [9.17, 15) is 27.2 Å². The summed E-state index contributed by atoms with van der Waals surface area (Å²) in [5, 5.41) is 2.25. The van der Waals surface area contributed by atoms with E-state index in [-0.39, 0.29) is 27.9 Å². The number of carbonyl (C=O) groups is 2. The van der Waals surface area contributed by atoms with E-state index < -0.39 is 40.5 Å². The second kappa shape index (κ2) is 8.83. The molecule has 0 atom stereocenters. The molecule has 2 amide bonds. The average Bonchev–Trinajstić information content (AvgIpc) is 2.69. The first-order valence-electron chi connectivity index (χ1n) is 8.88. The number of nitrogens with zero attached hydrogens (tertiary/aromatic N) is 1. The number of nitrogens with two attached hydrogens (primary N) is 1. The Labute approximate surface area is 184 Å². The first kappa shape index (κ1) is 23.0. The Morgan fingerprint density at radius 3 is 2.41 bits per heavy atom. The molecule has 0 fully saturated rings. The lowest BCUT2D eigenvalue weighted by atomic mass is 10.00. The third-order valence-corrected chi connectivity index (χ3v) is 4.64. The van der Waals surface area contributed by atoms with E-state index in [1.54, 1.807) is 0 Å². The maximum Gasteiger partial charge on any atom is 0.416 e. The maximum absolute atomic E-state index is 13.4. The molecule has 0 aliphatic rings. The zero-order chi connectivity index (χ0) is 23.6. The normalized spacial score (nSPS) is 11.2. The van der Waals surface area contributed by atoms with Crippen LogP contribution in [0, 0.1) is 12.7 Å². The number of halogens is 5. The van der Waals surface area contributed by atoms with E-state index in [1.807, 2.05) is 0 Å². The van der Waals surface area contributed by atoms with Crippen LogP contribution in [0.5, 0.6) is 11.5 Å². The Kier molecular flexibility index (Phi) is 6.35. The van der Waals surface area contributed by atoms with Crippen LogP contribution in [0.25, 0.3) is 0 Å². The molecule has 32 heavy (non-hydrogen) atoms. The van der Waals surface area contributed by atoms with Crippen molar-refractivity contribution in [2.24, 2.45) is 5.73 Å². The van der Waals surface area contributed by atoms with Gasteiger partial charge < -0.3 is 15.8 Å². The van der Waals surface area contributed by atoms with Gasteiger partial charge in [-0.1, -0.05) is 11.6 Å². The summed E-state index contributed by atoms with van der Waals surface area (Å²) in [5.74, 6) is -2.77. The zero-order valence-electron chi connectivity index (χ0n) is 16.3. The average molecular weight is 468 g/mol. The number of benzene rings is 2. The monoisotopic (exact) mass is 467 g/mol. The number of hydrogen-bond acceptors (Lipinski definition) is 4. The smallest absolute Gasteiger partial charge is 0.416 e. The minimum atomic E-state index is -4.74. The number of nitrogens with one attached hydrogen (secondary N) is 1. The van der Waals surface area contributed by atoms with Crippen LogP contribution in [0.1, 0.15) is 32.0 Å². The molecule has 0 saturated carbocycles. The molecule has 0 aliphatic heterocycles. The van der Waals surface area contributed by atoms with Crippen molar-refractivity contribution in [3.63, 3.8) is 0 Å². The first-order valence-corrected chi connectivity index (χ1v) is 9.26. The fraction of sp³-hybridized carbons (Fsp3) is 0.0952. The van der Waals surface area contributed by atoms with Crippen molar-refractivity contribution in [2.45, 2.75) is 13.1 Å². The molecule has 0 aliphatic carbocycles. The summed E-state index contributed by atoms with van der Waals surface area (Å²) in [4.78, 5) is 28.0. The lowest BCUT2D eigenvalue weighted by molar-refractivity contribution is -0.138. The van der Waals surface area contributed by atoms with Gasteiger partial charge in [0.2, 0.25) is 0 Å². The molecule has 0 spiro atoms. The van der Waals surface area contributed by atoms with Crippen molar-refractivity contribution >= 4 is 29.1 Å². The number of primary amides is 1. The predicted octanol–water partition coefficient (Wildman–Crippen LogP) is 5.34. The second-order valence-corrected chi connectivity index (χ2v) is 6.94. The molecule has 6 nitrogen and oxygen atoms in total. The summed E-state index contributed by atoms with van der Waals surface area (Å²) in [6.07, 6.45) is -3.54. The summed E-state index contributed by atoms with van der Waals surface area (Å²) in [6.45, 7) is 1.11. The molecule has 1 heterocycles. The molecule has 0 bridgehead atoms. The van der Waals surface area contributed by atoms with Crippen LogP contribution < -0.4 is 15.8 Å². The fourth-order valence-electron chi connectivity index (χ4n) is 2.87.